The summed E-state index contributed by atoms with van der Waals surface area (Å²) in [6.07, 6.45) is -4.58. The van der Waals surface area contributed by atoms with Crippen molar-refractivity contribution in [3.05, 3.63) is 60.2 Å². The molecule has 2 aromatic rings. The molecule has 0 aliphatic carbocycles. The Morgan fingerprint density at radius 3 is 2.26 bits per heavy atom. The van der Waals surface area contributed by atoms with Gasteiger partial charge in [0.2, 0.25) is 5.91 Å². The number of carbonyl (C=O) groups is 1. The van der Waals surface area contributed by atoms with E-state index in [0.29, 0.717) is 0 Å². The molecule has 7 heteroatoms. The lowest BCUT2D eigenvalue weighted by molar-refractivity contribution is -0.137. The highest BCUT2D eigenvalue weighted by molar-refractivity contribution is 7.80. The number of halogens is 3. The van der Waals surface area contributed by atoms with E-state index in [4.69, 9.17) is 12.2 Å². The zero-order valence-corrected chi connectivity index (χ0v) is 12.7. The first-order valence-electron chi connectivity index (χ1n) is 6.66. The minimum Gasteiger partial charge on any atom is -0.350 e. The van der Waals surface area contributed by atoms with Gasteiger partial charge in [-0.2, -0.15) is 13.2 Å². The van der Waals surface area contributed by atoms with E-state index < -0.39 is 17.6 Å². The average molecular weight is 338 g/mol. The predicted octanol–water partition coefficient (Wildman–Crippen LogP) is 4.47. The molecule has 0 saturated heterocycles. The van der Waals surface area contributed by atoms with Crippen molar-refractivity contribution in [2.45, 2.75) is 12.6 Å². The molecule has 3 nitrogen and oxygen atoms in total. The van der Waals surface area contributed by atoms with E-state index >= 15 is 0 Å². The molecule has 120 valence electrons. The number of carbonyl (C=O) groups excluding carboxylic acids is 1. The van der Waals surface area contributed by atoms with Crippen LogP contribution in [0.5, 0.6) is 0 Å². The second kappa shape index (κ2) is 7.23. The van der Waals surface area contributed by atoms with Gasteiger partial charge in [-0.05, 0) is 30.3 Å². The van der Waals surface area contributed by atoms with E-state index in [1.807, 2.05) is 18.2 Å². The van der Waals surface area contributed by atoms with Crippen LogP contribution in [0.1, 0.15) is 12.0 Å². The maximum Gasteiger partial charge on any atom is 0.416 e. The van der Waals surface area contributed by atoms with E-state index in [2.05, 4.69) is 10.6 Å². The van der Waals surface area contributed by atoms with Crippen molar-refractivity contribution in [3.63, 3.8) is 0 Å². The fourth-order valence-electron chi connectivity index (χ4n) is 1.85. The molecule has 0 spiro atoms. The molecule has 2 aromatic carbocycles. The van der Waals surface area contributed by atoms with Gasteiger partial charge in [0, 0.05) is 11.4 Å². The maximum atomic E-state index is 12.6. The number of amides is 1. The molecule has 0 heterocycles. The maximum absolute atomic E-state index is 12.6. The minimum absolute atomic E-state index is 0.0762. The molecule has 0 unspecified atom stereocenters. The van der Waals surface area contributed by atoms with Gasteiger partial charge < -0.3 is 10.6 Å². The second-order valence-corrected chi connectivity index (χ2v) is 5.21. The summed E-state index contributed by atoms with van der Waals surface area (Å²) in [6.45, 7) is 0. The standard InChI is InChI=1S/C16H13F3N2OS/c17-16(18,19)11-5-4-8-13(9-11)20-14(22)10-15(23)21-12-6-2-1-3-7-12/h1-9H,10H2,(H,20,22)(H,21,23). The quantitative estimate of drug-likeness (QED) is 0.808. The van der Waals surface area contributed by atoms with Gasteiger partial charge in [-0.1, -0.05) is 36.5 Å². The lowest BCUT2D eigenvalue weighted by atomic mass is 10.2. The largest absolute Gasteiger partial charge is 0.416 e. The normalized spacial score (nSPS) is 10.9. The molecule has 0 radical (unpaired) electrons. The van der Waals surface area contributed by atoms with Crippen LogP contribution < -0.4 is 10.6 Å². The summed E-state index contributed by atoms with van der Waals surface area (Å²) in [5.74, 6) is -0.488. The zero-order chi connectivity index (χ0) is 16.9. The monoisotopic (exact) mass is 338 g/mol. The predicted molar refractivity (Wildman–Crippen MR) is 87.4 cm³/mol. The SMILES string of the molecule is O=C(CC(=S)Nc1ccccc1)Nc1cccc(C(F)(F)F)c1. The Balaban J connectivity index is 1.93. The zero-order valence-electron chi connectivity index (χ0n) is 11.9. The Morgan fingerprint density at radius 1 is 0.957 bits per heavy atom. The van der Waals surface area contributed by atoms with E-state index in [-0.39, 0.29) is 17.1 Å². The van der Waals surface area contributed by atoms with Gasteiger partial charge in [-0.25, -0.2) is 0 Å². The number of nitrogens with one attached hydrogen (secondary N) is 2. The van der Waals surface area contributed by atoms with Crippen molar-refractivity contribution in [2.75, 3.05) is 10.6 Å². The topological polar surface area (TPSA) is 41.1 Å². The number of hydrogen-bond acceptors (Lipinski definition) is 2. The van der Waals surface area contributed by atoms with Gasteiger partial charge in [0.15, 0.2) is 0 Å². The van der Waals surface area contributed by atoms with Crippen molar-refractivity contribution in [3.8, 4) is 0 Å². The van der Waals surface area contributed by atoms with Gasteiger partial charge in [0.1, 0.15) is 0 Å². The Morgan fingerprint density at radius 2 is 1.61 bits per heavy atom. The first-order chi connectivity index (χ1) is 10.8. The highest BCUT2D eigenvalue weighted by Crippen LogP contribution is 2.30. The third-order valence-corrected chi connectivity index (χ3v) is 3.10. The van der Waals surface area contributed by atoms with Crippen LogP contribution in [-0.2, 0) is 11.0 Å². The van der Waals surface area contributed by atoms with Crippen LogP contribution in [0, 0.1) is 0 Å². The molecule has 0 bridgehead atoms. The molecule has 0 saturated carbocycles. The molecule has 0 aliphatic rings. The second-order valence-electron chi connectivity index (χ2n) is 4.72. The van der Waals surface area contributed by atoms with Crippen LogP contribution in [0.2, 0.25) is 0 Å². The molecular formula is C16H13F3N2OS. The molecule has 0 fully saturated rings. The number of alkyl halides is 3. The van der Waals surface area contributed by atoms with Gasteiger partial charge >= 0.3 is 6.18 Å². The van der Waals surface area contributed by atoms with Crippen LogP contribution in [0.25, 0.3) is 0 Å². The smallest absolute Gasteiger partial charge is 0.350 e. The summed E-state index contributed by atoms with van der Waals surface area (Å²) in [4.78, 5) is 12.1. The Hall–Kier alpha value is -2.41. The van der Waals surface area contributed by atoms with Crippen molar-refractivity contribution in [2.24, 2.45) is 0 Å². The number of hydrogen-bond donors (Lipinski definition) is 2. The van der Waals surface area contributed by atoms with Gasteiger partial charge in [-0.3, -0.25) is 4.79 Å². The van der Waals surface area contributed by atoms with Crippen molar-refractivity contribution in [1.29, 1.82) is 0 Å². The lowest BCUT2D eigenvalue weighted by Gasteiger charge is -2.11. The van der Waals surface area contributed by atoms with Gasteiger partial charge in [0.05, 0.1) is 17.0 Å². The number of rotatable bonds is 4. The van der Waals surface area contributed by atoms with Crippen LogP contribution >= 0.6 is 12.2 Å². The number of thiocarbonyl (C=S) groups is 1. The van der Waals surface area contributed by atoms with Crippen molar-refractivity contribution < 1.29 is 18.0 Å². The van der Waals surface area contributed by atoms with E-state index in [1.54, 1.807) is 12.1 Å². The van der Waals surface area contributed by atoms with Crippen LogP contribution in [0.4, 0.5) is 24.5 Å². The van der Waals surface area contributed by atoms with Gasteiger partial charge in [-0.15, -0.1) is 0 Å². The van der Waals surface area contributed by atoms with Crippen LogP contribution in [0.15, 0.2) is 54.6 Å². The molecule has 0 aliphatic heterocycles. The highest BCUT2D eigenvalue weighted by Gasteiger charge is 2.30. The summed E-state index contributed by atoms with van der Waals surface area (Å²) in [6, 6.07) is 13.5. The summed E-state index contributed by atoms with van der Waals surface area (Å²) in [7, 11) is 0. The lowest BCUT2D eigenvalue weighted by Crippen LogP contribution is -2.20. The third kappa shape index (κ3) is 5.37. The van der Waals surface area contributed by atoms with Gasteiger partial charge in [0.25, 0.3) is 0 Å². The molecular weight excluding hydrogens is 325 g/mol. The van der Waals surface area contributed by atoms with Crippen LogP contribution in [-0.4, -0.2) is 10.9 Å². The van der Waals surface area contributed by atoms with Crippen LogP contribution in [0.3, 0.4) is 0 Å². The van der Waals surface area contributed by atoms with E-state index in [0.717, 1.165) is 17.8 Å². The molecule has 23 heavy (non-hydrogen) atoms. The fraction of sp³-hybridized carbons (Fsp3) is 0.125. The molecule has 0 atom stereocenters. The minimum atomic E-state index is -4.45. The first kappa shape index (κ1) is 17.0. The summed E-state index contributed by atoms with van der Waals surface area (Å²) in [5, 5.41) is 5.29. The van der Waals surface area contributed by atoms with E-state index in [1.165, 1.54) is 12.1 Å². The molecule has 2 N–H and O–H groups in total. The van der Waals surface area contributed by atoms with Crippen molar-refractivity contribution in [1.82, 2.24) is 0 Å². The Bertz CT molecular complexity index is 702. The third-order valence-electron chi connectivity index (χ3n) is 2.85. The Kier molecular flexibility index (Phi) is 5.33. The number of benzene rings is 2. The summed E-state index contributed by atoms with van der Waals surface area (Å²) in [5.41, 5.74) is -0.00279. The highest BCUT2D eigenvalue weighted by atomic mass is 32.1. The van der Waals surface area contributed by atoms with E-state index in [9.17, 15) is 18.0 Å². The first-order valence-corrected chi connectivity index (χ1v) is 7.07. The molecule has 0 aromatic heterocycles. The number of para-hydroxylation sites is 1. The summed E-state index contributed by atoms with van der Waals surface area (Å²) >= 11 is 5.06. The Labute approximate surface area is 136 Å². The van der Waals surface area contributed by atoms with Crippen molar-refractivity contribution >= 4 is 34.5 Å². The summed E-state index contributed by atoms with van der Waals surface area (Å²) < 4.78 is 37.8. The average Bonchev–Trinajstić information content (AvgIpc) is 2.47. The fourth-order valence-corrected chi connectivity index (χ4v) is 2.10. The molecule has 1 amide bonds. The number of anilines is 2. The molecule has 2 rings (SSSR count).